The number of methoxy groups -OCH3 is 1. The molecule has 0 radical (unpaired) electrons. The molecule has 1 saturated carbocycles. The lowest BCUT2D eigenvalue weighted by Crippen LogP contribution is -2.36. The summed E-state index contributed by atoms with van der Waals surface area (Å²) in [5.74, 6) is 0.692. The van der Waals surface area contributed by atoms with Crippen LogP contribution in [0.4, 0.5) is 4.39 Å². The molecule has 1 aliphatic carbocycles. The van der Waals surface area contributed by atoms with Gasteiger partial charge in [-0.15, -0.1) is 0 Å². The molecule has 3 aromatic rings. The van der Waals surface area contributed by atoms with Gasteiger partial charge in [0.25, 0.3) is 0 Å². The number of rotatable bonds is 7. The van der Waals surface area contributed by atoms with E-state index in [1.54, 1.807) is 31.4 Å². The van der Waals surface area contributed by atoms with E-state index in [1.807, 2.05) is 24.3 Å². The molecule has 1 heterocycles. The van der Waals surface area contributed by atoms with Gasteiger partial charge in [0, 0.05) is 12.6 Å². The first-order chi connectivity index (χ1) is 13.6. The Balaban J connectivity index is 1.43. The van der Waals surface area contributed by atoms with Crippen molar-refractivity contribution in [2.45, 2.75) is 24.7 Å². The van der Waals surface area contributed by atoms with Gasteiger partial charge in [-0.1, -0.05) is 35.5 Å². The van der Waals surface area contributed by atoms with Crippen LogP contribution in [0, 0.1) is 5.82 Å². The smallest absolute Gasteiger partial charge is 0.232 e. The van der Waals surface area contributed by atoms with E-state index >= 15 is 0 Å². The molecule has 6 heteroatoms. The molecule has 0 bridgehead atoms. The van der Waals surface area contributed by atoms with E-state index in [-0.39, 0.29) is 11.7 Å². The van der Waals surface area contributed by atoms with Gasteiger partial charge in [-0.3, -0.25) is 4.79 Å². The number of hydrogen-bond acceptors (Lipinski definition) is 4. The third-order valence-corrected chi connectivity index (χ3v) is 5.20. The third-order valence-electron chi connectivity index (χ3n) is 5.20. The third kappa shape index (κ3) is 3.38. The molecule has 1 aromatic heterocycles. The van der Waals surface area contributed by atoms with Crippen LogP contribution in [-0.2, 0) is 16.6 Å². The average molecular weight is 380 g/mol. The van der Waals surface area contributed by atoms with E-state index in [0.29, 0.717) is 42.8 Å². The second-order valence-electron chi connectivity index (χ2n) is 6.96. The van der Waals surface area contributed by atoms with Crippen molar-refractivity contribution in [2.24, 2.45) is 0 Å². The summed E-state index contributed by atoms with van der Waals surface area (Å²) in [5.41, 5.74) is 1.26. The van der Waals surface area contributed by atoms with Gasteiger partial charge in [0.2, 0.25) is 5.91 Å². The van der Waals surface area contributed by atoms with Crippen LogP contribution in [0.15, 0.2) is 59.1 Å². The fraction of sp³-hybridized carbons (Fsp3) is 0.273. The first kappa shape index (κ1) is 18.2. The molecule has 5 nitrogen and oxygen atoms in total. The summed E-state index contributed by atoms with van der Waals surface area (Å²) in [4.78, 5) is 12.8. The van der Waals surface area contributed by atoms with E-state index in [2.05, 4.69) is 10.5 Å². The first-order valence-electron chi connectivity index (χ1n) is 9.26. The molecule has 0 saturated heterocycles. The number of nitrogens with one attached hydrogen (secondary N) is 1. The zero-order valence-electron chi connectivity index (χ0n) is 15.6. The molecule has 4 rings (SSSR count). The number of benzene rings is 2. The summed E-state index contributed by atoms with van der Waals surface area (Å²) in [6.07, 6.45) is 2.08. The van der Waals surface area contributed by atoms with Crippen molar-refractivity contribution in [3.8, 4) is 17.1 Å². The summed E-state index contributed by atoms with van der Waals surface area (Å²) < 4.78 is 24.6. The number of halogens is 1. The largest absolute Gasteiger partial charge is 0.496 e. The summed E-state index contributed by atoms with van der Waals surface area (Å²) in [5, 5.41) is 7.05. The second-order valence-corrected chi connectivity index (χ2v) is 6.96. The molecule has 144 valence electrons. The summed E-state index contributed by atoms with van der Waals surface area (Å²) in [7, 11) is 1.63. The number of aromatic nitrogens is 1. The van der Waals surface area contributed by atoms with Gasteiger partial charge in [0.1, 0.15) is 11.6 Å². The summed E-state index contributed by atoms with van der Waals surface area (Å²) >= 11 is 0. The molecular weight excluding hydrogens is 359 g/mol. The zero-order valence-corrected chi connectivity index (χ0v) is 15.6. The molecule has 1 N–H and O–H groups in total. The fourth-order valence-corrected chi connectivity index (χ4v) is 3.40. The topological polar surface area (TPSA) is 64.4 Å². The van der Waals surface area contributed by atoms with Crippen LogP contribution in [-0.4, -0.2) is 24.7 Å². The van der Waals surface area contributed by atoms with Crippen LogP contribution < -0.4 is 10.1 Å². The number of carbonyl (C=O) groups excluding carboxylic acids is 1. The van der Waals surface area contributed by atoms with Gasteiger partial charge >= 0.3 is 0 Å². The highest BCUT2D eigenvalue weighted by Crippen LogP contribution is 2.48. The number of amides is 1. The number of hydrogen-bond donors (Lipinski definition) is 1. The minimum atomic E-state index is -0.673. The van der Waals surface area contributed by atoms with Crippen molar-refractivity contribution in [3.63, 3.8) is 0 Å². The molecule has 1 fully saturated rings. The maximum absolute atomic E-state index is 14.0. The molecule has 2 aromatic carbocycles. The van der Waals surface area contributed by atoms with Crippen molar-refractivity contribution >= 4 is 5.91 Å². The predicted octanol–water partition coefficient (Wildman–Crippen LogP) is 3.88. The lowest BCUT2D eigenvalue weighted by atomic mass is 10.00. The number of carbonyl (C=O) groups is 1. The van der Waals surface area contributed by atoms with E-state index in [0.717, 1.165) is 11.3 Å². The quantitative estimate of drug-likeness (QED) is 0.676. The molecule has 1 aliphatic rings. The Hall–Kier alpha value is -3.15. The number of para-hydroxylation sites is 1. The van der Waals surface area contributed by atoms with Gasteiger partial charge in [-0.25, -0.2) is 4.39 Å². The highest BCUT2D eigenvalue weighted by Gasteiger charge is 2.53. The molecule has 0 spiro atoms. The van der Waals surface area contributed by atoms with Crippen LogP contribution in [0.2, 0.25) is 0 Å². The Bertz CT molecular complexity index is 995. The fourth-order valence-electron chi connectivity index (χ4n) is 3.40. The molecular formula is C22H21FN2O3. The van der Waals surface area contributed by atoms with E-state index in [9.17, 15) is 9.18 Å². The van der Waals surface area contributed by atoms with Crippen LogP contribution in [0.5, 0.6) is 5.75 Å². The highest BCUT2D eigenvalue weighted by molar-refractivity contribution is 5.91. The van der Waals surface area contributed by atoms with Gasteiger partial charge < -0.3 is 14.6 Å². The maximum Gasteiger partial charge on any atom is 0.232 e. The normalized spacial score (nSPS) is 14.5. The van der Waals surface area contributed by atoms with Crippen molar-refractivity contribution < 1.29 is 18.4 Å². The van der Waals surface area contributed by atoms with Crippen LogP contribution in [0.3, 0.4) is 0 Å². The standard InChI is InChI=1S/C22H21FN2O3/c1-27-18-9-5-2-6-15(18)10-13-24-21(26)22(11-12-22)20-14-19(28-25-20)16-7-3-4-8-17(16)23/h2-9,14H,10-13H2,1H3,(H,24,26). The minimum absolute atomic E-state index is 0.0734. The Morgan fingerprint density at radius 3 is 2.71 bits per heavy atom. The number of nitrogens with zero attached hydrogens (tertiary/aromatic N) is 1. The van der Waals surface area contributed by atoms with Crippen LogP contribution in [0.25, 0.3) is 11.3 Å². The molecule has 0 atom stereocenters. The molecule has 1 amide bonds. The van der Waals surface area contributed by atoms with E-state index < -0.39 is 5.41 Å². The van der Waals surface area contributed by atoms with Crippen molar-refractivity contribution in [2.75, 3.05) is 13.7 Å². The Morgan fingerprint density at radius 2 is 1.96 bits per heavy atom. The lowest BCUT2D eigenvalue weighted by Gasteiger charge is -2.13. The maximum atomic E-state index is 14.0. The van der Waals surface area contributed by atoms with Crippen molar-refractivity contribution in [1.82, 2.24) is 10.5 Å². The molecule has 0 unspecified atom stereocenters. The van der Waals surface area contributed by atoms with Gasteiger partial charge in [-0.2, -0.15) is 0 Å². The SMILES string of the molecule is COc1ccccc1CCNC(=O)C1(c2cc(-c3ccccc3F)on2)CC1. The minimum Gasteiger partial charge on any atom is -0.496 e. The van der Waals surface area contributed by atoms with Crippen LogP contribution in [0.1, 0.15) is 24.1 Å². The van der Waals surface area contributed by atoms with Gasteiger partial charge in [-0.05, 0) is 43.0 Å². The lowest BCUT2D eigenvalue weighted by molar-refractivity contribution is -0.123. The Kier molecular flexibility index (Phi) is 4.86. The Morgan fingerprint density at radius 1 is 1.21 bits per heavy atom. The average Bonchev–Trinajstić information content (AvgIpc) is 3.39. The van der Waals surface area contributed by atoms with Crippen LogP contribution >= 0.6 is 0 Å². The highest BCUT2D eigenvalue weighted by atomic mass is 19.1. The molecule has 0 aliphatic heterocycles. The zero-order chi connectivity index (χ0) is 19.6. The number of ether oxygens (including phenoxy) is 1. The predicted molar refractivity (Wildman–Crippen MR) is 103 cm³/mol. The summed E-state index contributed by atoms with van der Waals surface area (Å²) in [6.45, 7) is 0.499. The first-order valence-corrected chi connectivity index (χ1v) is 9.26. The monoisotopic (exact) mass is 380 g/mol. The Labute approximate surface area is 162 Å². The van der Waals surface area contributed by atoms with E-state index in [1.165, 1.54) is 6.07 Å². The van der Waals surface area contributed by atoms with E-state index in [4.69, 9.17) is 9.26 Å². The van der Waals surface area contributed by atoms with Crippen molar-refractivity contribution in [1.29, 1.82) is 0 Å². The summed E-state index contributed by atoms with van der Waals surface area (Å²) in [6, 6.07) is 15.8. The van der Waals surface area contributed by atoms with Gasteiger partial charge in [0.05, 0.1) is 23.8 Å². The molecule has 28 heavy (non-hydrogen) atoms. The van der Waals surface area contributed by atoms with Gasteiger partial charge in [0.15, 0.2) is 5.76 Å². The van der Waals surface area contributed by atoms with Crippen molar-refractivity contribution in [3.05, 3.63) is 71.7 Å². The second kappa shape index (κ2) is 7.46.